The van der Waals surface area contributed by atoms with E-state index in [1.807, 2.05) is 30.3 Å². The van der Waals surface area contributed by atoms with Crippen LogP contribution in [-0.4, -0.2) is 19.7 Å². The Morgan fingerprint density at radius 2 is 2.06 bits per heavy atom. The van der Waals surface area contributed by atoms with Crippen LogP contribution in [0.15, 0.2) is 24.3 Å². The van der Waals surface area contributed by atoms with Crippen molar-refractivity contribution in [3.8, 4) is 12.0 Å². The Morgan fingerprint density at radius 3 is 2.72 bits per heavy atom. The first-order valence-electron chi connectivity index (χ1n) is 5.20. The Bertz CT molecular complexity index is 741. The second-order valence-electron chi connectivity index (χ2n) is 3.75. The summed E-state index contributed by atoms with van der Waals surface area (Å²) in [6, 6.07) is 9.44. The van der Waals surface area contributed by atoms with E-state index in [4.69, 9.17) is 16.7 Å². The number of imidazole rings is 1. The van der Waals surface area contributed by atoms with Gasteiger partial charge in [-0.25, -0.2) is 4.98 Å². The van der Waals surface area contributed by atoms with Gasteiger partial charge in [0.1, 0.15) is 11.6 Å². The molecular formula is C11H9N7. The molecular weight excluding hydrogens is 230 g/mol. The van der Waals surface area contributed by atoms with Crippen molar-refractivity contribution < 1.29 is 0 Å². The van der Waals surface area contributed by atoms with Crippen LogP contribution in [0.1, 0.15) is 5.56 Å². The Morgan fingerprint density at radius 1 is 1.28 bits per heavy atom. The fourth-order valence-corrected chi connectivity index (χ4v) is 1.76. The van der Waals surface area contributed by atoms with Gasteiger partial charge >= 0.3 is 0 Å². The Labute approximate surface area is 102 Å². The van der Waals surface area contributed by atoms with E-state index in [9.17, 15) is 0 Å². The molecule has 0 aliphatic rings. The van der Waals surface area contributed by atoms with Gasteiger partial charge in [-0.3, -0.25) is 0 Å². The number of aromatic amines is 1. The van der Waals surface area contributed by atoms with Gasteiger partial charge in [0.25, 0.3) is 0 Å². The van der Waals surface area contributed by atoms with Crippen molar-refractivity contribution >= 4 is 22.7 Å². The van der Waals surface area contributed by atoms with Crippen molar-refractivity contribution in [1.29, 1.82) is 5.26 Å². The molecule has 0 spiro atoms. The fourth-order valence-electron chi connectivity index (χ4n) is 1.76. The maximum atomic E-state index is 8.91. The highest BCUT2D eigenvalue weighted by Gasteiger charge is 2.16. The second kappa shape index (κ2) is 3.49. The number of hydrogen-bond acceptors (Lipinski definition) is 5. The molecule has 0 atom stereocenters. The smallest absolute Gasteiger partial charge is 0.231 e. The Kier molecular flexibility index (Phi) is 1.97. The van der Waals surface area contributed by atoms with E-state index in [-0.39, 0.29) is 17.2 Å². The van der Waals surface area contributed by atoms with E-state index in [2.05, 4.69) is 15.1 Å². The van der Waals surface area contributed by atoms with Crippen molar-refractivity contribution in [2.75, 3.05) is 11.5 Å². The number of nitrogens with one attached hydrogen (secondary N) is 1. The van der Waals surface area contributed by atoms with Crippen LogP contribution in [0, 0.1) is 11.3 Å². The fraction of sp³-hybridized carbons (Fsp3) is 0. The molecule has 3 rings (SSSR count). The molecule has 0 saturated heterocycles. The van der Waals surface area contributed by atoms with Crippen LogP contribution in [0.3, 0.4) is 0 Å². The van der Waals surface area contributed by atoms with Crippen LogP contribution >= 0.6 is 0 Å². The number of benzene rings is 1. The van der Waals surface area contributed by atoms with E-state index in [0.717, 1.165) is 11.0 Å². The maximum Gasteiger partial charge on any atom is 0.231 e. The number of para-hydroxylation sites is 2. The molecule has 0 aliphatic carbocycles. The van der Waals surface area contributed by atoms with Crippen molar-refractivity contribution in [2.24, 2.45) is 0 Å². The van der Waals surface area contributed by atoms with Gasteiger partial charge in [0, 0.05) is 0 Å². The number of nitrogen functional groups attached to an aromatic ring is 2. The normalized spacial score (nSPS) is 10.6. The summed E-state index contributed by atoms with van der Waals surface area (Å²) < 4.78 is 1.33. The van der Waals surface area contributed by atoms with Crippen LogP contribution in [0.4, 0.5) is 11.6 Å². The molecule has 1 aromatic carbocycles. The van der Waals surface area contributed by atoms with Gasteiger partial charge in [-0.05, 0) is 12.1 Å². The molecule has 0 saturated carbocycles. The van der Waals surface area contributed by atoms with E-state index in [1.54, 1.807) is 0 Å². The largest absolute Gasteiger partial charge is 0.382 e. The van der Waals surface area contributed by atoms with Crippen molar-refractivity contribution in [3.63, 3.8) is 0 Å². The summed E-state index contributed by atoms with van der Waals surface area (Å²) in [6.07, 6.45) is 0. The molecule has 2 aromatic heterocycles. The first kappa shape index (κ1) is 10.2. The maximum absolute atomic E-state index is 8.91. The van der Waals surface area contributed by atoms with E-state index >= 15 is 0 Å². The number of H-pyrrole nitrogens is 1. The number of aromatic nitrogens is 4. The van der Waals surface area contributed by atoms with Gasteiger partial charge < -0.3 is 16.5 Å². The summed E-state index contributed by atoms with van der Waals surface area (Å²) in [5.41, 5.74) is 13.2. The number of rotatable bonds is 1. The molecule has 0 radical (unpaired) electrons. The molecule has 5 N–H and O–H groups in total. The minimum Gasteiger partial charge on any atom is -0.382 e. The van der Waals surface area contributed by atoms with E-state index in [0.29, 0.717) is 5.95 Å². The summed E-state index contributed by atoms with van der Waals surface area (Å²) >= 11 is 0. The zero-order valence-corrected chi connectivity index (χ0v) is 9.25. The third-order valence-corrected chi connectivity index (χ3v) is 2.64. The zero-order valence-electron chi connectivity index (χ0n) is 9.25. The van der Waals surface area contributed by atoms with Gasteiger partial charge in [0.05, 0.1) is 11.0 Å². The van der Waals surface area contributed by atoms with Crippen LogP contribution in [0.2, 0.25) is 0 Å². The minimum atomic E-state index is 0.0930. The summed E-state index contributed by atoms with van der Waals surface area (Å²) in [5, 5.41) is 12.9. The topological polar surface area (TPSA) is 122 Å². The number of hydrogen-bond donors (Lipinski definition) is 3. The van der Waals surface area contributed by atoms with Gasteiger partial charge in [-0.1, -0.05) is 12.1 Å². The molecule has 3 aromatic rings. The lowest BCUT2D eigenvalue weighted by Gasteiger charge is -1.97. The van der Waals surface area contributed by atoms with Crippen LogP contribution in [-0.2, 0) is 0 Å². The summed E-state index contributed by atoms with van der Waals surface area (Å²) in [5.74, 6) is 0.700. The lowest BCUT2D eigenvalue weighted by atomic mass is 10.3. The molecule has 7 nitrogen and oxygen atoms in total. The predicted molar refractivity (Wildman–Crippen MR) is 66.8 cm³/mol. The number of nitrogens with two attached hydrogens (primary N) is 2. The van der Waals surface area contributed by atoms with E-state index in [1.165, 1.54) is 4.68 Å². The van der Waals surface area contributed by atoms with Crippen LogP contribution in [0.25, 0.3) is 17.0 Å². The molecule has 0 amide bonds. The number of nitrogens with zero attached hydrogens (tertiary/aromatic N) is 4. The summed E-state index contributed by atoms with van der Waals surface area (Å²) in [7, 11) is 0. The molecule has 88 valence electrons. The summed E-state index contributed by atoms with van der Waals surface area (Å²) in [6.45, 7) is 0. The van der Waals surface area contributed by atoms with Gasteiger partial charge in [-0.2, -0.15) is 9.94 Å². The molecule has 2 heterocycles. The second-order valence-corrected chi connectivity index (χ2v) is 3.75. The van der Waals surface area contributed by atoms with Crippen LogP contribution < -0.4 is 11.5 Å². The van der Waals surface area contributed by atoms with Crippen molar-refractivity contribution in [1.82, 2.24) is 19.7 Å². The first-order valence-corrected chi connectivity index (χ1v) is 5.20. The average molecular weight is 239 g/mol. The van der Waals surface area contributed by atoms with Gasteiger partial charge in [0.2, 0.25) is 5.95 Å². The predicted octanol–water partition coefficient (Wildman–Crippen LogP) is 0.785. The van der Waals surface area contributed by atoms with Gasteiger partial charge in [0.15, 0.2) is 11.6 Å². The molecule has 18 heavy (non-hydrogen) atoms. The molecule has 0 unspecified atom stereocenters. The third-order valence-electron chi connectivity index (χ3n) is 2.64. The lowest BCUT2D eigenvalue weighted by Crippen LogP contribution is -2.04. The van der Waals surface area contributed by atoms with Crippen molar-refractivity contribution in [3.05, 3.63) is 29.8 Å². The highest BCUT2D eigenvalue weighted by molar-refractivity contribution is 5.76. The summed E-state index contributed by atoms with van der Waals surface area (Å²) in [4.78, 5) is 7.39. The molecule has 0 aliphatic heterocycles. The van der Waals surface area contributed by atoms with Crippen molar-refractivity contribution in [2.45, 2.75) is 0 Å². The number of fused-ring (bicyclic) bond motifs is 1. The first-order chi connectivity index (χ1) is 8.70. The Balaban J connectivity index is 2.24. The standard InChI is InChI=1S/C11H9N7/c12-5-6-9(13)17-18(10(6)14)11-15-7-3-1-2-4-8(7)16-11/h1-4H,14H2,(H2,13,17)(H,15,16). The number of anilines is 2. The zero-order chi connectivity index (χ0) is 12.7. The highest BCUT2D eigenvalue weighted by atomic mass is 15.4. The molecule has 0 bridgehead atoms. The SMILES string of the molecule is N#Cc1c(N)nn(-c2nc3ccccc3[nH]2)c1N. The lowest BCUT2D eigenvalue weighted by molar-refractivity contribution is 0.843. The van der Waals surface area contributed by atoms with E-state index < -0.39 is 0 Å². The monoisotopic (exact) mass is 239 g/mol. The minimum absolute atomic E-state index is 0.0930. The third kappa shape index (κ3) is 1.29. The molecule has 0 fully saturated rings. The molecule has 7 heteroatoms. The van der Waals surface area contributed by atoms with Crippen LogP contribution in [0.5, 0.6) is 0 Å². The van der Waals surface area contributed by atoms with Gasteiger partial charge in [-0.15, -0.1) is 5.10 Å². The number of nitriles is 1. The highest BCUT2D eigenvalue weighted by Crippen LogP contribution is 2.21. The quantitative estimate of drug-likeness (QED) is 0.579. The average Bonchev–Trinajstić information content (AvgIpc) is 2.90. The Hall–Kier alpha value is -3.01.